The summed E-state index contributed by atoms with van der Waals surface area (Å²) >= 11 is 12.0. The van der Waals surface area contributed by atoms with Crippen molar-refractivity contribution in [2.24, 2.45) is 0 Å². The van der Waals surface area contributed by atoms with Gasteiger partial charge in [-0.25, -0.2) is 4.79 Å². The van der Waals surface area contributed by atoms with Crippen LogP contribution < -0.4 is 5.32 Å². The van der Waals surface area contributed by atoms with Gasteiger partial charge >= 0.3 is 5.97 Å². The van der Waals surface area contributed by atoms with Crippen LogP contribution >= 0.6 is 23.2 Å². The lowest BCUT2D eigenvalue weighted by molar-refractivity contribution is 0.0698. The molecule has 0 saturated heterocycles. The van der Waals surface area contributed by atoms with Gasteiger partial charge in [0.2, 0.25) is 0 Å². The lowest BCUT2D eigenvalue weighted by Crippen LogP contribution is -2.15. The Balaban J connectivity index is 1.67. The highest BCUT2D eigenvalue weighted by Crippen LogP contribution is 2.30. The molecule has 0 heterocycles. The summed E-state index contributed by atoms with van der Waals surface area (Å²) in [6.07, 6.45) is 0. The number of benzene rings is 4. The topological polar surface area (TPSA) is 66.4 Å². The third-order valence-corrected chi connectivity index (χ3v) is 5.52. The third kappa shape index (κ3) is 4.67. The number of nitrogens with one attached hydrogen (secondary N) is 1. The van der Waals surface area contributed by atoms with Crippen LogP contribution in [0.25, 0.3) is 22.3 Å². The van der Waals surface area contributed by atoms with Crippen molar-refractivity contribution in [2.75, 3.05) is 5.32 Å². The van der Waals surface area contributed by atoms with E-state index in [0.29, 0.717) is 5.02 Å². The van der Waals surface area contributed by atoms with Gasteiger partial charge in [0, 0.05) is 5.02 Å². The predicted octanol–water partition coefficient (Wildman–Crippen LogP) is 7.28. The maximum Gasteiger partial charge on any atom is 0.337 e. The van der Waals surface area contributed by atoms with E-state index in [9.17, 15) is 14.7 Å². The maximum atomic E-state index is 12.6. The van der Waals surface area contributed by atoms with Gasteiger partial charge in [0.05, 0.1) is 21.8 Å². The number of aromatic carboxylic acids is 1. The van der Waals surface area contributed by atoms with Crippen LogP contribution in [0.4, 0.5) is 5.69 Å². The average Bonchev–Trinajstić information content (AvgIpc) is 2.79. The second kappa shape index (κ2) is 9.27. The van der Waals surface area contributed by atoms with Gasteiger partial charge in [-0.15, -0.1) is 0 Å². The smallest absolute Gasteiger partial charge is 0.337 e. The number of anilines is 1. The number of hydrogen-bond donors (Lipinski definition) is 2. The summed E-state index contributed by atoms with van der Waals surface area (Å²) in [5, 5.41) is 13.0. The summed E-state index contributed by atoms with van der Waals surface area (Å²) < 4.78 is 0. The van der Waals surface area contributed by atoms with Gasteiger partial charge in [-0.2, -0.15) is 0 Å². The number of amides is 1. The minimum Gasteiger partial charge on any atom is -0.478 e. The molecule has 0 unspecified atom stereocenters. The minimum atomic E-state index is -1.15. The molecule has 0 fully saturated rings. The highest BCUT2D eigenvalue weighted by Gasteiger charge is 2.17. The van der Waals surface area contributed by atoms with E-state index in [4.69, 9.17) is 23.2 Å². The Kier molecular flexibility index (Phi) is 6.26. The first kappa shape index (κ1) is 21.6. The van der Waals surface area contributed by atoms with Crippen LogP contribution in [0, 0.1) is 0 Å². The molecule has 1 amide bonds. The normalized spacial score (nSPS) is 10.6. The molecule has 2 N–H and O–H groups in total. The molecule has 4 aromatic rings. The van der Waals surface area contributed by atoms with E-state index >= 15 is 0 Å². The van der Waals surface area contributed by atoms with Crippen molar-refractivity contribution in [2.45, 2.75) is 0 Å². The molecule has 0 spiro atoms. The number of carboxylic acid groups (broad SMARTS) is 1. The van der Waals surface area contributed by atoms with Crippen molar-refractivity contribution in [1.29, 1.82) is 0 Å². The first-order valence-corrected chi connectivity index (χ1v) is 10.5. The fraction of sp³-hybridized carbons (Fsp3) is 0. The van der Waals surface area contributed by atoms with E-state index in [-0.39, 0.29) is 21.8 Å². The number of carboxylic acids is 1. The zero-order valence-corrected chi connectivity index (χ0v) is 18.2. The first-order chi connectivity index (χ1) is 15.4. The van der Waals surface area contributed by atoms with Crippen molar-refractivity contribution >= 4 is 40.8 Å². The fourth-order valence-corrected chi connectivity index (χ4v) is 3.88. The molecular weight excluding hydrogens is 445 g/mol. The summed E-state index contributed by atoms with van der Waals surface area (Å²) in [6, 6.07) is 27.2. The van der Waals surface area contributed by atoms with Crippen LogP contribution in [0.2, 0.25) is 10.0 Å². The lowest BCUT2D eigenvalue weighted by atomic mass is 9.97. The van der Waals surface area contributed by atoms with Gasteiger partial charge in [0.15, 0.2) is 0 Å². The van der Waals surface area contributed by atoms with Crippen LogP contribution in [-0.2, 0) is 0 Å². The van der Waals surface area contributed by atoms with Crippen molar-refractivity contribution in [3.8, 4) is 22.3 Å². The summed E-state index contributed by atoms with van der Waals surface area (Å²) in [5.74, 6) is -1.67. The molecule has 0 aliphatic heterocycles. The summed E-state index contributed by atoms with van der Waals surface area (Å²) in [6.45, 7) is 0. The van der Waals surface area contributed by atoms with Crippen LogP contribution in [-0.4, -0.2) is 17.0 Å². The van der Waals surface area contributed by atoms with Gasteiger partial charge in [0.25, 0.3) is 5.91 Å². The van der Waals surface area contributed by atoms with Crippen LogP contribution in [0.1, 0.15) is 20.7 Å². The van der Waals surface area contributed by atoms with E-state index in [1.54, 1.807) is 24.3 Å². The molecule has 6 heteroatoms. The van der Waals surface area contributed by atoms with E-state index in [1.807, 2.05) is 54.6 Å². The molecule has 0 aromatic heterocycles. The largest absolute Gasteiger partial charge is 0.478 e. The van der Waals surface area contributed by atoms with Crippen molar-refractivity contribution in [1.82, 2.24) is 0 Å². The second-order valence-electron chi connectivity index (χ2n) is 7.09. The SMILES string of the molecule is O=C(Nc1ccc(-c2cccc(-c3ccccc3)c2)cc1C(=O)O)c1ccc(Cl)cc1Cl. The van der Waals surface area contributed by atoms with Crippen molar-refractivity contribution in [3.63, 3.8) is 0 Å². The molecule has 4 nitrogen and oxygen atoms in total. The number of hydrogen-bond acceptors (Lipinski definition) is 2. The van der Waals surface area contributed by atoms with Crippen molar-refractivity contribution in [3.05, 3.63) is 112 Å². The quantitative estimate of drug-likeness (QED) is 0.328. The molecule has 158 valence electrons. The van der Waals surface area contributed by atoms with Gasteiger partial charge in [-0.05, 0) is 58.7 Å². The standard InChI is InChI=1S/C26H17Cl2NO3/c27-20-10-11-21(23(28)15-20)25(30)29-24-12-9-19(14-22(24)26(31)32)18-8-4-7-17(13-18)16-5-2-1-3-6-16/h1-15H,(H,29,30)(H,31,32). The van der Waals surface area contributed by atoms with E-state index in [2.05, 4.69) is 5.32 Å². The van der Waals surface area contributed by atoms with Crippen LogP contribution in [0.3, 0.4) is 0 Å². The van der Waals surface area contributed by atoms with Gasteiger partial charge in [-0.1, -0.05) is 77.8 Å². The Bertz CT molecular complexity index is 1320. The molecule has 32 heavy (non-hydrogen) atoms. The molecular formula is C26H17Cl2NO3. The number of halogens is 2. The zero-order valence-electron chi connectivity index (χ0n) is 16.7. The Labute approximate surface area is 195 Å². The second-order valence-corrected chi connectivity index (χ2v) is 7.93. The highest BCUT2D eigenvalue weighted by atomic mass is 35.5. The van der Waals surface area contributed by atoms with Crippen LogP contribution in [0.15, 0.2) is 91.0 Å². The summed E-state index contributed by atoms with van der Waals surface area (Å²) in [4.78, 5) is 24.6. The fourth-order valence-electron chi connectivity index (χ4n) is 3.38. The van der Waals surface area contributed by atoms with E-state index < -0.39 is 11.9 Å². The average molecular weight is 462 g/mol. The molecule has 4 rings (SSSR count). The molecule has 0 saturated carbocycles. The molecule has 0 aliphatic carbocycles. The number of rotatable bonds is 5. The van der Waals surface area contributed by atoms with Crippen LogP contribution in [0.5, 0.6) is 0 Å². The van der Waals surface area contributed by atoms with Crippen molar-refractivity contribution < 1.29 is 14.7 Å². The maximum absolute atomic E-state index is 12.6. The molecule has 0 radical (unpaired) electrons. The molecule has 0 atom stereocenters. The monoisotopic (exact) mass is 461 g/mol. The molecule has 0 bridgehead atoms. The number of carbonyl (C=O) groups excluding carboxylic acids is 1. The van der Waals surface area contributed by atoms with Gasteiger partial charge < -0.3 is 10.4 Å². The summed E-state index contributed by atoms with van der Waals surface area (Å²) in [5.41, 5.74) is 4.04. The Morgan fingerprint density at radius 2 is 1.31 bits per heavy atom. The Hall–Kier alpha value is -3.60. The molecule has 4 aromatic carbocycles. The van der Waals surface area contributed by atoms with Gasteiger partial charge in [-0.3, -0.25) is 4.79 Å². The van der Waals surface area contributed by atoms with Gasteiger partial charge in [0.1, 0.15) is 0 Å². The lowest BCUT2D eigenvalue weighted by Gasteiger charge is -2.12. The van der Waals surface area contributed by atoms with E-state index in [1.165, 1.54) is 12.1 Å². The number of carbonyl (C=O) groups is 2. The Morgan fingerprint density at radius 3 is 2.00 bits per heavy atom. The predicted molar refractivity (Wildman–Crippen MR) is 129 cm³/mol. The highest BCUT2D eigenvalue weighted by molar-refractivity contribution is 6.37. The Morgan fingerprint density at radius 1 is 0.656 bits per heavy atom. The third-order valence-electron chi connectivity index (χ3n) is 4.98. The van der Waals surface area contributed by atoms with E-state index in [0.717, 1.165) is 22.3 Å². The summed E-state index contributed by atoms with van der Waals surface area (Å²) in [7, 11) is 0. The molecule has 0 aliphatic rings. The first-order valence-electron chi connectivity index (χ1n) is 9.72. The minimum absolute atomic E-state index is 0.0222. The zero-order chi connectivity index (χ0) is 22.7.